The number of carboxylic acid groups (broad SMARTS) is 1. The molecule has 7 heteroatoms. The number of nitrogens with one attached hydrogen (secondary N) is 2. The molecule has 6 nitrogen and oxygen atoms in total. The first kappa shape index (κ1) is 22.1. The van der Waals surface area contributed by atoms with Crippen LogP contribution in [0.1, 0.15) is 36.0 Å². The first-order chi connectivity index (χ1) is 15.4. The normalized spacial score (nSPS) is 17.0. The van der Waals surface area contributed by atoms with Gasteiger partial charge in [0.15, 0.2) is 5.12 Å². The molecular weight excluding hydrogens is 424 g/mol. The van der Waals surface area contributed by atoms with Crippen molar-refractivity contribution < 1.29 is 19.5 Å². The summed E-state index contributed by atoms with van der Waals surface area (Å²) < 4.78 is 0. The van der Waals surface area contributed by atoms with Crippen molar-refractivity contribution in [3.8, 4) is 0 Å². The quantitative estimate of drug-likeness (QED) is 0.483. The number of fused-ring (bicyclic) bond motifs is 2. The van der Waals surface area contributed by atoms with Crippen LogP contribution in [0.25, 0.3) is 10.9 Å². The molecule has 0 fully saturated rings. The van der Waals surface area contributed by atoms with E-state index < -0.39 is 17.9 Å². The molecule has 0 radical (unpaired) electrons. The van der Waals surface area contributed by atoms with E-state index in [1.54, 1.807) is 6.20 Å². The fourth-order valence-corrected chi connectivity index (χ4v) is 5.39. The summed E-state index contributed by atoms with van der Waals surface area (Å²) in [6, 6.07) is 14.7. The Morgan fingerprint density at radius 3 is 2.69 bits per heavy atom. The minimum absolute atomic E-state index is 0.0272. The Hall–Kier alpha value is -3.06. The van der Waals surface area contributed by atoms with Crippen molar-refractivity contribution in [2.45, 2.75) is 38.1 Å². The van der Waals surface area contributed by atoms with Crippen LogP contribution >= 0.6 is 11.8 Å². The number of aromatic nitrogens is 1. The Kier molecular flexibility index (Phi) is 6.65. The average molecular weight is 451 g/mol. The molecule has 3 N–H and O–H groups in total. The first-order valence-electron chi connectivity index (χ1n) is 10.7. The highest BCUT2D eigenvalue weighted by Crippen LogP contribution is 2.39. The number of aliphatic carboxylic acids is 1. The fourth-order valence-electron chi connectivity index (χ4n) is 4.59. The molecule has 2 aromatic carbocycles. The van der Waals surface area contributed by atoms with Gasteiger partial charge < -0.3 is 15.4 Å². The second kappa shape index (κ2) is 9.61. The van der Waals surface area contributed by atoms with E-state index in [1.165, 1.54) is 12.5 Å². The van der Waals surface area contributed by atoms with E-state index in [-0.39, 0.29) is 23.4 Å². The van der Waals surface area contributed by atoms with E-state index in [1.807, 2.05) is 42.5 Å². The van der Waals surface area contributed by atoms with Gasteiger partial charge >= 0.3 is 5.97 Å². The Bertz CT molecular complexity index is 1160. The van der Waals surface area contributed by atoms with E-state index in [4.69, 9.17) is 0 Å². The fraction of sp³-hybridized carbons (Fsp3) is 0.320. The second-order valence-corrected chi connectivity index (χ2v) is 9.41. The van der Waals surface area contributed by atoms with Crippen LogP contribution in [0.5, 0.6) is 0 Å². The number of thioether (sulfide) groups is 1. The summed E-state index contributed by atoms with van der Waals surface area (Å²) in [4.78, 5) is 40.2. The zero-order valence-corrected chi connectivity index (χ0v) is 18.7. The van der Waals surface area contributed by atoms with Crippen LogP contribution in [0.3, 0.4) is 0 Å². The lowest BCUT2D eigenvalue weighted by Gasteiger charge is -2.25. The smallest absolute Gasteiger partial charge is 0.326 e. The van der Waals surface area contributed by atoms with Crippen LogP contribution < -0.4 is 5.32 Å². The number of carboxylic acids is 1. The molecule has 3 unspecified atom stereocenters. The van der Waals surface area contributed by atoms with Gasteiger partial charge in [-0.15, -0.1) is 0 Å². The number of H-pyrrole nitrogens is 1. The van der Waals surface area contributed by atoms with Gasteiger partial charge in [0.25, 0.3) is 0 Å². The average Bonchev–Trinajstić information content (AvgIpc) is 3.38. The minimum atomic E-state index is -1.08. The molecule has 3 atom stereocenters. The maximum Gasteiger partial charge on any atom is 0.326 e. The highest BCUT2D eigenvalue weighted by Gasteiger charge is 2.36. The molecule has 0 saturated heterocycles. The van der Waals surface area contributed by atoms with Crippen molar-refractivity contribution in [1.82, 2.24) is 10.3 Å². The molecular formula is C25H26N2O4S. The van der Waals surface area contributed by atoms with E-state index in [2.05, 4.69) is 16.4 Å². The van der Waals surface area contributed by atoms with Gasteiger partial charge in [0.2, 0.25) is 5.91 Å². The lowest BCUT2D eigenvalue weighted by Crippen LogP contribution is -2.46. The number of amides is 1. The highest BCUT2D eigenvalue weighted by atomic mass is 32.2. The van der Waals surface area contributed by atoms with Crippen LogP contribution in [-0.2, 0) is 27.2 Å². The summed E-state index contributed by atoms with van der Waals surface area (Å²) in [7, 11) is 0. The molecule has 1 aliphatic carbocycles. The number of hydrogen-bond donors (Lipinski definition) is 3. The number of carbonyl (C=O) groups is 3. The molecule has 0 aliphatic heterocycles. The van der Waals surface area contributed by atoms with Crippen LogP contribution in [0, 0.1) is 5.92 Å². The lowest BCUT2D eigenvalue weighted by atomic mass is 9.87. The second-order valence-electron chi connectivity index (χ2n) is 8.22. The third-order valence-corrected chi connectivity index (χ3v) is 7.11. The predicted molar refractivity (Wildman–Crippen MR) is 126 cm³/mol. The van der Waals surface area contributed by atoms with Gasteiger partial charge in [0, 0.05) is 36.2 Å². The molecule has 0 bridgehead atoms. The predicted octanol–water partition coefficient (Wildman–Crippen LogP) is 3.91. The van der Waals surface area contributed by atoms with Gasteiger partial charge in [0.1, 0.15) is 6.04 Å². The summed E-state index contributed by atoms with van der Waals surface area (Å²) in [5.41, 5.74) is 4.11. The maximum atomic E-state index is 13.4. The summed E-state index contributed by atoms with van der Waals surface area (Å²) >= 11 is 1.12. The topological polar surface area (TPSA) is 99.3 Å². The molecule has 1 heterocycles. The summed E-state index contributed by atoms with van der Waals surface area (Å²) in [5.74, 6) is -1.56. The van der Waals surface area contributed by atoms with Gasteiger partial charge in [-0.2, -0.15) is 0 Å². The van der Waals surface area contributed by atoms with Crippen LogP contribution in [0.2, 0.25) is 0 Å². The summed E-state index contributed by atoms with van der Waals surface area (Å²) in [6.45, 7) is 1.49. The monoisotopic (exact) mass is 450 g/mol. The highest BCUT2D eigenvalue weighted by molar-refractivity contribution is 8.13. The molecule has 4 rings (SSSR count). The number of aromatic amines is 1. The Morgan fingerprint density at radius 1 is 1.16 bits per heavy atom. The van der Waals surface area contributed by atoms with Crippen LogP contribution in [-0.4, -0.2) is 38.9 Å². The SMILES string of the molecule is CC(=O)SCC(C(=O)NC(Cc1c[nH]c2ccccc12)C(=O)O)C1CCc2ccccc21. The molecule has 0 saturated carbocycles. The molecule has 32 heavy (non-hydrogen) atoms. The number of para-hydroxylation sites is 1. The Morgan fingerprint density at radius 2 is 1.91 bits per heavy atom. The summed E-state index contributed by atoms with van der Waals surface area (Å²) in [6.07, 6.45) is 3.67. The Labute approximate surface area is 190 Å². The van der Waals surface area contributed by atoms with Crippen molar-refractivity contribution in [2.75, 3.05) is 5.75 Å². The third-order valence-electron chi connectivity index (χ3n) is 6.18. The Balaban J connectivity index is 1.55. The molecule has 1 aromatic heterocycles. The summed E-state index contributed by atoms with van der Waals surface area (Å²) in [5, 5.41) is 13.5. The minimum Gasteiger partial charge on any atom is -0.480 e. The van der Waals surface area contributed by atoms with Crippen molar-refractivity contribution >= 4 is 39.7 Å². The number of aryl methyl sites for hydroxylation is 1. The van der Waals surface area contributed by atoms with Crippen molar-refractivity contribution in [1.29, 1.82) is 0 Å². The van der Waals surface area contributed by atoms with Crippen molar-refractivity contribution in [3.63, 3.8) is 0 Å². The van der Waals surface area contributed by atoms with E-state index in [9.17, 15) is 19.5 Å². The van der Waals surface area contributed by atoms with Crippen LogP contribution in [0.15, 0.2) is 54.7 Å². The first-order valence-corrected chi connectivity index (χ1v) is 11.7. The maximum absolute atomic E-state index is 13.4. The van der Waals surface area contributed by atoms with Crippen LogP contribution in [0.4, 0.5) is 0 Å². The third kappa shape index (κ3) is 4.72. The number of rotatable bonds is 8. The van der Waals surface area contributed by atoms with Crippen molar-refractivity contribution in [2.24, 2.45) is 5.92 Å². The largest absolute Gasteiger partial charge is 0.480 e. The molecule has 1 amide bonds. The molecule has 1 aliphatic rings. The number of hydrogen-bond acceptors (Lipinski definition) is 4. The van der Waals surface area contributed by atoms with Gasteiger partial charge in [-0.05, 0) is 41.5 Å². The number of carbonyl (C=O) groups excluding carboxylic acids is 2. The zero-order valence-electron chi connectivity index (χ0n) is 17.8. The number of benzene rings is 2. The van der Waals surface area contributed by atoms with Gasteiger partial charge in [-0.1, -0.05) is 54.2 Å². The molecule has 3 aromatic rings. The standard InChI is InChI=1S/C25H26N2O4S/c1-15(28)32-14-21(20-11-10-16-6-2-3-7-18(16)20)24(29)27-23(25(30)31)12-17-13-26-22-9-5-4-8-19(17)22/h2-9,13,20-21,23,26H,10-12,14H2,1H3,(H,27,29)(H,30,31). The van der Waals surface area contributed by atoms with Gasteiger partial charge in [-0.25, -0.2) is 4.79 Å². The molecule has 0 spiro atoms. The zero-order chi connectivity index (χ0) is 22.7. The van der Waals surface area contributed by atoms with E-state index >= 15 is 0 Å². The van der Waals surface area contributed by atoms with Gasteiger partial charge in [0.05, 0.1) is 5.92 Å². The lowest BCUT2D eigenvalue weighted by molar-refractivity contribution is -0.142. The van der Waals surface area contributed by atoms with E-state index in [0.717, 1.165) is 46.6 Å². The van der Waals surface area contributed by atoms with Gasteiger partial charge in [-0.3, -0.25) is 9.59 Å². The molecule has 166 valence electrons. The van der Waals surface area contributed by atoms with E-state index in [0.29, 0.717) is 5.75 Å². The van der Waals surface area contributed by atoms with Crippen molar-refractivity contribution in [3.05, 3.63) is 71.4 Å².